The fourth-order valence-electron chi connectivity index (χ4n) is 5.39. The van der Waals surface area contributed by atoms with E-state index in [0.29, 0.717) is 17.9 Å². The molecule has 0 atom stereocenters. The molecule has 198 valence electrons. The molecule has 7 heteroatoms. The molecule has 38 heavy (non-hydrogen) atoms. The largest absolute Gasteiger partial charge is 0.362 e. The summed E-state index contributed by atoms with van der Waals surface area (Å²) in [6, 6.07) is 25.1. The van der Waals surface area contributed by atoms with Gasteiger partial charge >= 0.3 is 0 Å². The number of aromatic nitrogens is 2. The topological polar surface area (TPSA) is 53.1 Å². The third-order valence-corrected chi connectivity index (χ3v) is 8.06. The van der Waals surface area contributed by atoms with E-state index in [1.807, 2.05) is 61.5 Å². The van der Waals surface area contributed by atoms with Gasteiger partial charge < -0.3 is 15.5 Å². The number of benzene rings is 3. The Balaban J connectivity index is 1.16. The van der Waals surface area contributed by atoms with Crippen LogP contribution in [0.5, 0.6) is 0 Å². The number of nitrogens with one attached hydrogen (secondary N) is 2. The van der Waals surface area contributed by atoms with Crippen LogP contribution in [0.25, 0.3) is 10.9 Å². The number of halogens is 2. The van der Waals surface area contributed by atoms with Crippen LogP contribution in [0.3, 0.4) is 0 Å². The lowest BCUT2D eigenvalue weighted by Crippen LogP contribution is -2.37. The van der Waals surface area contributed by atoms with Gasteiger partial charge in [0.05, 0.1) is 5.52 Å². The Labute approximate surface area is 235 Å². The van der Waals surface area contributed by atoms with Crippen molar-refractivity contribution in [1.82, 2.24) is 15.3 Å². The zero-order valence-electron chi connectivity index (χ0n) is 22.0. The fraction of sp³-hybridized carbons (Fsp3) is 0.355. The summed E-state index contributed by atoms with van der Waals surface area (Å²) in [6.45, 7) is 1.78. The molecule has 0 bridgehead atoms. The normalized spacial score (nSPS) is 17.6. The molecule has 4 aromatic rings. The second kappa shape index (κ2) is 12.3. The van der Waals surface area contributed by atoms with Crippen LogP contribution in [-0.4, -0.2) is 43.2 Å². The van der Waals surface area contributed by atoms with Gasteiger partial charge in [-0.2, -0.15) is 4.98 Å². The van der Waals surface area contributed by atoms with Crippen molar-refractivity contribution in [3.8, 4) is 0 Å². The number of hydrogen-bond acceptors (Lipinski definition) is 5. The molecule has 5 nitrogen and oxygen atoms in total. The molecule has 1 aromatic heterocycles. The van der Waals surface area contributed by atoms with E-state index in [2.05, 4.69) is 41.0 Å². The molecule has 0 saturated heterocycles. The lowest BCUT2D eigenvalue weighted by Gasteiger charge is -2.31. The van der Waals surface area contributed by atoms with Gasteiger partial charge in [0.2, 0.25) is 5.95 Å². The molecule has 0 spiro atoms. The molecule has 0 amide bonds. The van der Waals surface area contributed by atoms with Gasteiger partial charge in [-0.1, -0.05) is 59.6 Å². The van der Waals surface area contributed by atoms with Gasteiger partial charge in [0.15, 0.2) is 0 Å². The van der Waals surface area contributed by atoms with Gasteiger partial charge in [-0.3, -0.25) is 0 Å². The van der Waals surface area contributed by atoms with Crippen molar-refractivity contribution in [2.75, 3.05) is 37.4 Å². The molecule has 2 N–H and O–H groups in total. The minimum atomic E-state index is 0.250. The number of anilines is 2. The molecule has 5 rings (SSSR count). The average molecular weight is 549 g/mol. The summed E-state index contributed by atoms with van der Waals surface area (Å²) in [6.07, 6.45) is 4.71. The smallest absolute Gasteiger partial charge is 0.225 e. The molecule has 0 unspecified atom stereocenters. The van der Waals surface area contributed by atoms with Crippen molar-refractivity contribution in [2.24, 2.45) is 5.92 Å². The van der Waals surface area contributed by atoms with Crippen molar-refractivity contribution >= 4 is 45.9 Å². The minimum Gasteiger partial charge on any atom is -0.362 e. The lowest BCUT2D eigenvalue weighted by molar-refractivity contribution is 0.299. The summed E-state index contributed by atoms with van der Waals surface area (Å²) in [7, 11) is 4.05. The second-order valence-electron chi connectivity index (χ2n) is 10.4. The van der Waals surface area contributed by atoms with Crippen LogP contribution < -0.4 is 15.5 Å². The Morgan fingerprint density at radius 2 is 1.42 bits per heavy atom. The SMILES string of the molecule is CN(C)c1nc(NCC2CCC(NCC(c3ccc(Cl)cc3)c3ccc(Cl)cc3)CC2)nc2ccccc12. The van der Waals surface area contributed by atoms with Gasteiger partial charge in [-0.05, 0) is 79.1 Å². The number of hydrogen-bond donors (Lipinski definition) is 2. The fourth-order valence-corrected chi connectivity index (χ4v) is 5.64. The van der Waals surface area contributed by atoms with E-state index in [1.54, 1.807) is 0 Å². The van der Waals surface area contributed by atoms with Crippen molar-refractivity contribution in [1.29, 1.82) is 0 Å². The summed E-state index contributed by atoms with van der Waals surface area (Å²) >= 11 is 12.3. The van der Waals surface area contributed by atoms with Crippen LogP contribution in [0.1, 0.15) is 42.7 Å². The Morgan fingerprint density at radius 1 is 0.816 bits per heavy atom. The van der Waals surface area contributed by atoms with E-state index >= 15 is 0 Å². The van der Waals surface area contributed by atoms with E-state index in [0.717, 1.165) is 39.9 Å². The molecule has 1 fully saturated rings. The maximum Gasteiger partial charge on any atom is 0.225 e. The highest BCUT2D eigenvalue weighted by Crippen LogP contribution is 2.30. The molecule has 1 aliphatic carbocycles. The highest BCUT2D eigenvalue weighted by atomic mass is 35.5. The second-order valence-corrected chi connectivity index (χ2v) is 11.3. The molecular formula is C31H35Cl2N5. The Morgan fingerprint density at radius 3 is 2.03 bits per heavy atom. The Hall–Kier alpha value is -2.86. The van der Waals surface area contributed by atoms with Gasteiger partial charge in [0.25, 0.3) is 0 Å². The highest BCUT2D eigenvalue weighted by molar-refractivity contribution is 6.30. The lowest BCUT2D eigenvalue weighted by atomic mass is 9.85. The van der Waals surface area contributed by atoms with Crippen LogP contribution >= 0.6 is 23.2 Å². The summed E-state index contributed by atoms with van der Waals surface area (Å²) in [5.74, 6) is 2.53. The third-order valence-electron chi connectivity index (χ3n) is 7.56. The molecule has 1 aliphatic rings. The maximum absolute atomic E-state index is 6.16. The monoisotopic (exact) mass is 547 g/mol. The number of para-hydroxylation sites is 1. The number of rotatable bonds is 9. The van der Waals surface area contributed by atoms with E-state index in [1.165, 1.54) is 36.8 Å². The van der Waals surface area contributed by atoms with Gasteiger partial charge in [0.1, 0.15) is 5.82 Å². The molecule has 1 saturated carbocycles. The molecule has 3 aromatic carbocycles. The molecule has 0 radical (unpaired) electrons. The number of nitrogens with zero attached hydrogens (tertiary/aromatic N) is 3. The zero-order chi connectivity index (χ0) is 26.5. The number of fused-ring (bicyclic) bond motifs is 1. The van der Waals surface area contributed by atoms with E-state index in [4.69, 9.17) is 33.2 Å². The third kappa shape index (κ3) is 6.58. The summed E-state index contributed by atoms with van der Waals surface area (Å²) < 4.78 is 0. The van der Waals surface area contributed by atoms with E-state index < -0.39 is 0 Å². The Bertz CT molecular complexity index is 1290. The van der Waals surface area contributed by atoms with Crippen LogP contribution in [-0.2, 0) is 0 Å². The first-order valence-electron chi connectivity index (χ1n) is 13.4. The van der Waals surface area contributed by atoms with Gasteiger partial charge in [-0.15, -0.1) is 0 Å². The minimum absolute atomic E-state index is 0.250. The van der Waals surface area contributed by atoms with Crippen molar-refractivity contribution in [3.05, 3.63) is 94.0 Å². The first-order chi connectivity index (χ1) is 18.5. The van der Waals surface area contributed by atoms with Crippen LogP contribution in [0.15, 0.2) is 72.8 Å². The van der Waals surface area contributed by atoms with Crippen LogP contribution in [0.4, 0.5) is 11.8 Å². The highest BCUT2D eigenvalue weighted by Gasteiger charge is 2.23. The van der Waals surface area contributed by atoms with Crippen molar-refractivity contribution < 1.29 is 0 Å². The van der Waals surface area contributed by atoms with Crippen LogP contribution in [0, 0.1) is 5.92 Å². The van der Waals surface area contributed by atoms with Crippen LogP contribution in [0.2, 0.25) is 10.0 Å². The first-order valence-corrected chi connectivity index (χ1v) is 14.1. The van der Waals surface area contributed by atoms with E-state index in [9.17, 15) is 0 Å². The molecule has 0 aliphatic heterocycles. The van der Waals surface area contributed by atoms with Crippen molar-refractivity contribution in [3.63, 3.8) is 0 Å². The van der Waals surface area contributed by atoms with Gasteiger partial charge in [0, 0.05) is 54.6 Å². The predicted octanol–water partition coefficient (Wildman–Crippen LogP) is 7.40. The zero-order valence-corrected chi connectivity index (χ0v) is 23.5. The molecular weight excluding hydrogens is 513 g/mol. The predicted molar refractivity (Wildman–Crippen MR) is 161 cm³/mol. The van der Waals surface area contributed by atoms with Crippen molar-refractivity contribution in [2.45, 2.75) is 37.6 Å². The Kier molecular flexibility index (Phi) is 8.68. The first kappa shape index (κ1) is 26.7. The maximum atomic E-state index is 6.16. The summed E-state index contributed by atoms with van der Waals surface area (Å²) in [4.78, 5) is 11.6. The summed E-state index contributed by atoms with van der Waals surface area (Å²) in [5.41, 5.74) is 3.49. The summed E-state index contributed by atoms with van der Waals surface area (Å²) in [5, 5.41) is 9.99. The molecule has 1 heterocycles. The van der Waals surface area contributed by atoms with Gasteiger partial charge in [-0.25, -0.2) is 4.98 Å². The average Bonchev–Trinajstić information content (AvgIpc) is 2.94. The van der Waals surface area contributed by atoms with E-state index in [-0.39, 0.29) is 5.92 Å². The standard InChI is InChI=1S/C31H35Cl2N5/c1-38(2)30-27-5-3-4-6-29(27)36-31(37-30)35-19-21-7-17-26(18-8-21)34-20-28(22-9-13-24(32)14-10-22)23-11-15-25(33)16-12-23/h3-6,9-16,21,26,28,34H,7-8,17-20H2,1-2H3,(H,35,36,37). The quantitative estimate of drug-likeness (QED) is 0.228.